The molecule has 2 atom stereocenters. The first-order valence-electron chi connectivity index (χ1n) is 7.65. The third kappa shape index (κ3) is 2.88. The molecule has 0 spiro atoms. The van der Waals surface area contributed by atoms with Crippen LogP contribution in [0.2, 0.25) is 0 Å². The zero-order valence-electron chi connectivity index (χ0n) is 12.7. The number of thioether (sulfide) groups is 1. The standard InChI is InChI=1S/C14H23N5OS/c1-18(10-5-3-6-11(10)21-2)14(20)15-9-13-17-16-12-7-4-8-19(12)13/h10-11H,3-9H2,1-2H3,(H,15,20)/t10-,11+/m1/s1. The first kappa shape index (κ1) is 14.7. The highest BCUT2D eigenvalue weighted by atomic mass is 32.2. The number of hydrogen-bond acceptors (Lipinski definition) is 4. The summed E-state index contributed by atoms with van der Waals surface area (Å²) in [6.45, 7) is 1.44. The van der Waals surface area contributed by atoms with Crippen molar-refractivity contribution in [3.63, 3.8) is 0 Å². The Kier molecular flexibility index (Phi) is 4.37. The van der Waals surface area contributed by atoms with E-state index in [1.165, 1.54) is 12.8 Å². The summed E-state index contributed by atoms with van der Waals surface area (Å²) in [7, 11) is 1.91. The van der Waals surface area contributed by atoms with Crippen molar-refractivity contribution >= 4 is 17.8 Å². The van der Waals surface area contributed by atoms with E-state index in [0.717, 1.165) is 37.5 Å². The third-order valence-electron chi connectivity index (χ3n) is 4.62. The molecule has 0 saturated heterocycles. The van der Waals surface area contributed by atoms with Crippen LogP contribution in [0.15, 0.2) is 0 Å². The Morgan fingerprint density at radius 2 is 2.29 bits per heavy atom. The van der Waals surface area contributed by atoms with Gasteiger partial charge in [-0.1, -0.05) is 6.42 Å². The molecule has 3 rings (SSSR count). The van der Waals surface area contributed by atoms with Crippen molar-refractivity contribution in [2.24, 2.45) is 0 Å². The van der Waals surface area contributed by atoms with Crippen molar-refractivity contribution < 1.29 is 4.79 Å². The molecule has 2 aliphatic rings. The fourth-order valence-electron chi connectivity index (χ4n) is 3.40. The van der Waals surface area contributed by atoms with Crippen LogP contribution in [0.3, 0.4) is 0 Å². The Bertz CT molecular complexity index is 517. The maximum absolute atomic E-state index is 12.3. The lowest BCUT2D eigenvalue weighted by molar-refractivity contribution is 0.191. The van der Waals surface area contributed by atoms with E-state index in [0.29, 0.717) is 17.8 Å². The molecule has 1 aliphatic carbocycles. The Balaban J connectivity index is 1.56. The Morgan fingerprint density at radius 3 is 3.10 bits per heavy atom. The van der Waals surface area contributed by atoms with Gasteiger partial charge < -0.3 is 14.8 Å². The summed E-state index contributed by atoms with van der Waals surface area (Å²) < 4.78 is 2.13. The Hall–Kier alpha value is -1.24. The van der Waals surface area contributed by atoms with Crippen LogP contribution in [0.1, 0.15) is 37.3 Å². The van der Waals surface area contributed by atoms with E-state index < -0.39 is 0 Å². The molecule has 1 saturated carbocycles. The van der Waals surface area contributed by atoms with E-state index in [4.69, 9.17) is 0 Å². The monoisotopic (exact) mass is 309 g/mol. The number of urea groups is 1. The zero-order valence-corrected chi connectivity index (χ0v) is 13.5. The van der Waals surface area contributed by atoms with Gasteiger partial charge in [0, 0.05) is 31.3 Å². The maximum Gasteiger partial charge on any atom is 0.317 e. The maximum atomic E-state index is 12.3. The van der Waals surface area contributed by atoms with Gasteiger partial charge in [0.2, 0.25) is 0 Å². The lowest BCUT2D eigenvalue weighted by Crippen LogP contribution is -2.45. The van der Waals surface area contributed by atoms with E-state index in [-0.39, 0.29) is 6.03 Å². The molecule has 0 bridgehead atoms. The van der Waals surface area contributed by atoms with Crippen molar-refractivity contribution in [2.75, 3.05) is 13.3 Å². The number of nitrogens with zero attached hydrogens (tertiary/aromatic N) is 4. The van der Waals surface area contributed by atoms with E-state index in [1.54, 1.807) is 0 Å². The highest BCUT2D eigenvalue weighted by Crippen LogP contribution is 2.31. The first-order chi connectivity index (χ1) is 10.2. The van der Waals surface area contributed by atoms with Crippen LogP contribution in [0.25, 0.3) is 0 Å². The van der Waals surface area contributed by atoms with Crippen molar-refractivity contribution in [1.29, 1.82) is 0 Å². The van der Waals surface area contributed by atoms with Crippen LogP contribution < -0.4 is 5.32 Å². The fraction of sp³-hybridized carbons (Fsp3) is 0.786. The van der Waals surface area contributed by atoms with Gasteiger partial charge in [-0.15, -0.1) is 10.2 Å². The summed E-state index contributed by atoms with van der Waals surface area (Å²) in [5.74, 6) is 1.92. The van der Waals surface area contributed by atoms with Crippen molar-refractivity contribution in [2.45, 2.75) is 56.5 Å². The number of fused-ring (bicyclic) bond motifs is 1. The van der Waals surface area contributed by atoms with Gasteiger partial charge >= 0.3 is 6.03 Å². The fourth-order valence-corrected chi connectivity index (χ4v) is 4.43. The largest absolute Gasteiger partial charge is 0.331 e. The van der Waals surface area contributed by atoms with Crippen LogP contribution in [0.5, 0.6) is 0 Å². The molecule has 7 heteroatoms. The van der Waals surface area contributed by atoms with E-state index >= 15 is 0 Å². The number of hydrogen-bond donors (Lipinski definition) is 1. The lowest BCUT2D eigenvalue weighted by atomic mass is 10.2. The normalized spacial score (nSPS) is 24.1. The second-order valence-corrected chi connectivity index (χ2v) is 6.91. The Morgan fingerprint density at radius 1 is 1.43 bits per heavy atom. The Labute approximate surface area is 129 Å². The molecule has 1 aromatic rings. The van der Waals surface area contributed by atoms with E-state index in [1.807, 2.05) is 23.7 Å². The molecule has 0 unspecified atom stereocenters. The van der Waals surface area contributed by atoms with Crippen molar-refractivity contribution in [3.8, 4) is 0 Å². The van der Waals surface area contributed by atoms with E-state index in [2.05, 4.69) is 26.3 Å². The number of carbonyl (C=O) groups excluding carboxylic acids is 1. The van der Waals surface area contributed by atoms with Crippen LogP contribution in [-0.2, 0) is 19.5 Å². The number of amides is 2. The van der Waals surface area contributed by atoms with Crippen LogP contribution in [-0.4, -0.2) is 50.3 Å². The van der Waals surface area contributed by atoms with Gasteiger partial charge in [-0.05, 0) is 25.5 Å². The molecule has 2 heterocycles. The first-order valence-corrected chi connectivity index (χ1v) is 8.94. The molecule has 116 valence electrons. The number of aromatic nitrogens is 3. The summed E-state index contributed by atoms with van der Waals surface area (Å²) >= 11 is 1.87. The minimum Gasteiger partial charge on any atom is -0.331 e. The minimum absolute atomic E-state index is 0.00343. The number of nitrogens with one attached hydrogen (secondary N) is 1. The summed E-state index contributed by atoms with van der Waals surface area (Å²) in [4.78, 5) is 14.2. The molecule has 1 N–H and O–H groups in total. The second-order valence-electron chi connectivity index (χ2n) is 5.83. The molecular formula is C14H23N5OS. The highest BCUT2D eigenvalue weighted by Gasteiger charge is 2.32. The van der Waals surface area contributed by atoms with Gasteiger partial charge in [0.25, 0.3) is 0 Å². The van der Waals surface area contributed by atoms with E-state index in [9.17, 15) is 4.79 Å². The number of rotatable bonds is 4. The molecule has 6 nitrogen and oxygen atoms in total. The predicted molar refractivity (Wildman–Crippen MR) is 83.3 cm³/mol. The molecule has 0 aromatic carbocycles. The van der Waals surface area contributed by atoms with Gasteiger partial charge in [0.15, 0.2) is 5.82 Å². The highest BCUT2D eigenvalue weighted by molar-refractivity contribution is 7.99. The minimum atomic E-state index is -0.00343. The van der Waals surface area contributed by atoms with Gasteiger partial charge in [-0.25, -0.2) is 4.79 Å². The third-order valence-corrected chi connectivity index (χ3v) is 5.78. The quantitative estimate of drug-likeness (QED) is 0.918. The summed E-state index contributed by atoms with van der Waals surface area (Å²) in [6.07, 6.45) is 7.79. The summed E-state index contributed by atoms with van der Waals surface area (Å²) in [6, 6.07) is 0.348. The second kappa shape index (κ2) is 6.25. The molecular weight excluding hydrogens is 286 g/mol. The molecule has 1 aliphatic heterocycles. The topological polar surface area (TPSA) is 63.1 Å². The van der Waals surface area contributed by atoms with Gasteiger partial charge in [0.1, 0.15) is 5.82 Å². The van der Waals surface area contributed by atoms with Crippen LogP contribution >= 0.6 is 11.8 Å². The molecule has 0 radical (unpaired) electrons. The number of carbonyl (C=O) groups is 1. The molecule has 2 amide bonds. The summed E-state index contributed by atoms with van der Waals surface area (Å²) in [5.41, 5.74) is 0. The van der Waals surface area contributed by atoms with Crippen LogP contribution in [0, 0.1) is 0 Å². The SMILES string of the molecule is CS[C@H]1CCC[C@H]1N(C)C(=O)NCc1nnc2n1CCC2. The average Bonchev–Trinajstić information content (AvgIpc) is 3.19. The lowest BCUT2D eigenvalue weighted by Gasteiger charge is -2.28. The van der Waals surface area contributed by atoms with Gasteiger partial charge in [-0.2, -0.15) is 11.8 Å². The number of aryl methyl sites for hydroxylation is 1. The summed E-state index contributed by atoms with van der Waals surface area (Å²) in [5, 5.41) is 11.9. The van der Waals surface area contributed by atoms with Crippen molar-refractivity contribution in [1.82, 2.24) is 25.0 Å². The molecule has 21 heavy (non-hydrogen) atoms. The predicted octanol–water partition coefficient (Wildman–Crippen LogP) is 1.65. The van der Waals surface area contributed by atoms with Crippen LogP contribution in [0.4, 0.5) is 4.79 Å². The van der Waals surface area contributed by atoms with Gasteiger partial charge in [-0.3, -0.25) is 0 Å². The zero-order chi connectivity index (χ0) is 14.8. The molecule has 1 fully saturated rings. The molecule has 1 aromatic heterocycles. The smallest absolute Gasteiger partial charge is 0.317 e. The average molecular weight is 309 g/mol. The van der Waals surface area contributed by atoms with Crippen molar-refractivity contribution in [3.05, 3.63) is 11.6 Å². The van der Waals surface area contributed by atoms with Gasteiger partial charge in [0.05, 0.1) is 6.54 Å².